The van der Waals surface area contributed by atoms with Crippen molar-refractivity contribution in [3.8, 4) is 10.4 Å². The zero-order chi connectivity index (χ0) is 10.1. The Kier molecular flexibility index (Phi) is 2.00. The Morgan fingerprint density at radius 2 is 2.07 bits per heavy atom. The lowest BCUT2D eigenvalue weighted by Crippen LogP contribution is -1.81. The molecule has 0 aliphatic carbocycles. The van der Waals surface area contributed by atoms with E-state index in [1.54, 1.807) is 11.3 Å². The van der Waals surface area contributed by atoms with Gasteiger partial charge in [0.05, 0.1) is 5.52 Å². The molecule has 0 saturated carbocycles. The summed E-state index contributed by atoms with van der Waals surface area (Å²) in [5, 5.41) is 3.24. The topological polar surface area (TPSA) is 12.9 Å². The Balaban J connectivity index is 2.36. The van der Waals surface area contributed by atoms with Crippen LogP contribution in [0.2, 0.25) is 0 Å². The molecule has 1 aromatic carbocycles. The van der Waals surface area contributed by atoms with Crippen molar-refractivity contribution >= 4 is 22.2 Å². The molecule has 3 rings (SSSR count). The number of rotatable bonds is 1. The molecule has 2 heterocycles. The summed E-state index contributed by atoms with van der Waals surface area (Å²) < 4.78 is 0. The molecule has 1 radical (unpaired) electrons. The number of pyridine rings is 1. The second kappa shape index (κ2) is 3.48. The summed E-state index contributed by atoms with van der Waals surface area (Å²) in [5.74, 6) is 0. The number of aromatic nitrogens is 1. The van der Waals surface area contributed by atoms with Crippen molar-refractivity contribution in [1.82, 2.24) is 4.98 Å². The van der Waals surface area contributed by atoms with Crippen molar-refractivity contribution in [2.24, 2.45) is 0 Å². The second-order valence-corrected chi connectivity index (χ2v) is 4.19. The SMILES string of the molecule is [c]1ccsc1-c1ccnc2ccccc12. The van der Waals surface area contributed by atoms with Crippen molar-refractivity contribution in [2.45, 2.75) is 0 Å². The fraction of sp³-hybridized carbons (Fsp3) is 0. The van der Waals surface area contributed by atoms with E-state index in [2.05, 4.69) is 17.1 Å². The number of fused-ring (bicyclic) bond motifs is 1. The maximum Gasteiger partial charge on any atom is 0.0708 e. The van der Waals surface area contributed by atoms with E-state index >= 15 is 0 Å². The fourth-order valence-electron chi connectivity index (χ4n) is 1.68. The van der Waals surface area contributed by atoms with Gasteiger partial charge in [-0.3, -0.25) is 4.98 Å². The van der Waals surface area contributed by atoms with Crippen LogP contribution in [0.25, 0.3) is 21.3 Å². The van der Waals surface area contributed by atoms with Gasteiger partial charge in [0, 0.05) is 28.1 Å². The Hall–Kier alpha value is -1.67. The predicted octanol–water partition coefficient (Wildman–Crippen LogP) is 3.76. The molecule has 0 fully saturated rings. The van der Waals surface area contributed by atoms with Crippen LogP contribution in [0.4, 0.5) is 0 Å². The van der Waals surface area contributed by atoms with Gasteiger partial charge in [-0.15, -0.1) is 11.3 Å². The lowest BCUT2D eigenvalue weighted by Gasteiger charge is -2.02. The average Bonchev–Trinajstić information content (AvgIpc) is 2.82. The van der Waals surface area contributed by atoms with Crippen molar-refractivity contribution in [3.05, 3.63) is 54.0 Å². The minimum Gasteiger partial charge on any atom is -0.256 e. The number of nitrogens with zero attached hydrogens (tertiary/aromatic N) is 1. The van der Waals surface area contributed by atoms with Crippen molar-refractivity contribution in [2.75, 3.05) is 0 Å². The van der Waals surface area contributed by atoms with Gasteiger partial charge >= 0.3 is 0 Å². The maximum absolute atomic E-state index is 4.34. The van der Waals surface area contributed by atoms with E-state index in [1.807, 2.05) is 41.9 Å². The Labute approximate surface area is 92.0 Å². The molecule has 15 heavy (non-hydrogen) atoms. The van der Waals surface area contributed by atoms with E-state index in [4.69, 9.17) is 0 Å². The molecular formula is C13H8NS. The number of thiophene rings is 1. The number of hydrogen-bond acceptors (Lipinski definition) is 2. The Morgan fingerprint density at radius 1 is 1.13 bits per heavy atom. The predicted molar refractivity (Wildman–Crippen MR) is 63.9 cm³/mol. The normalized spacial score (nSPS) is 10.7. The van der Waals surface area contributed by atoms with Crippen molar-refractivity contribution in [1.29, 1.82) is 0 Å². The molecule has 0 aliphatic heterocycles. The smallest absolute Gasteiger partial charge is 0.0708 e. The molecule has 2 heteroatoms. The third-order valence-electron chi connectivity index (χ3n) is 2.36. The zero-order valence-corrected chi connectivity index (χ0v) is 8.79. The third-order valence-corrected chi connectivity index (χ3v) is 3.21. The summed E-state index contributed by atoms with van der Waals surface area (Å²) in [6.07, 6.45) is 1.85. The van der Waals surface area contributed by atoms with Crippen LogP contribution in [-0.4, -0.2) is 4.98 Å². The maximum atomic E-state index is 4.34. The lowest BCUT2D eigenvalue weighted by molar-refractivity contribution is 1.41. The van der Waals surface area contributed by atoms with Gasteiger partial charge in [-0.2, -0.15) is 0 Å². The van der Waals surface area contributed by atoms with Gasteiger partial charge in [0.1, 0.15) is 0 Å². The molecular weight excluding hydrogens is 202 g/mol. The quantitative estimate of drug-likeness (QED) is 0.596. The highest BCUT2D eigenvalue weighted by Gasteiger charge is 2.04. The zero-order valence-electron chi connectivity index (χ0n) is 7.97. The number of benzene rings is 1. The van der Waals surface area contributed by atoms with E-state index in [9.17, 15) is 0 Å². The van der Waals surface area contributed by atoms with Gasteiger partial charge in [0.25, 0.3) is 0 Å². The largest absolute Gasteiger partial charge is 0.256 e. The molecule has 0 unspecified atom stereocenters. The molecule has 0 bridgehead atoms. The fourth-order valence-corrected chi connectivity index (χ4v) is 2.39. The van der Waals surface area contributed by atoms with E-state index in [1.165, 1.54) is 15.8 Å². The summed E-state index contributed by atoms with van der Waals surface area (Å²) >= 11 is 1.71. The molecule has 0 spiro atoms. The van der Waals surface area contributed by atoms with E-state index < -0.39 is 0 Å². The molecule has 0 N–H and O–H groups in total. The second-order valence-electron chi connectivity index (χ2n) is 3.27. The molecule has 71 valence electrons. The summed E-state index contributed by atoms with van der Waals surface area (Å²) in [6.45, 7) is 0. The van der Waals surface area contributed by atoms with Crippen LogP contribution < -0.4 is 0 Å². The van der Waals surface area contributed by atoms with Gasteiger partial charge < -0.3 is 0 Å². The van der Waals surface area contributed by atoms with E-state index in [0.29, 0.717) is 0 Å². The molecule has 0 aliphatic rings. The lowest BCUT2D eigenvalue weighted by atomic mass is 10.1. The summed E-state index contributed by atoms with van der Waals surface area (Å²) in [5.41, 5.74) is 2.26. The van der Waals surface area contributed by atoms with Crippen LogP contribution in [0.1, 0.15) is 0 Å². The van der Waals surface area contributed by atoms with Crippen LogP contribution >= 0.6 is 11.3 Å². The Morgan fingerprint density at radius 3 is 2.93 bits per heavy atom. The van der Waals surface area contributed by atoms with E-state index in [0.717, 1.165) is 5.52 Å². The minimum absolute atomic E-state index is 1.04. The molecule has 0 atom stereocenters. The third kappa shape index (κ3) is 1.43. The highest BCUT2D eigenvalue weighted by molar-refractivity contribution is 7.13. The van der Waals surface area contributed by atoms with Crippen LogP contribution in [-0.2, 0) is 0 Å². The van der Waals surface area contributed by atoms with Crippen LogP contribution in [0.5, 0.6) is 0 Å². The molecule has 2 aromatic heterocycles. The van der Waals surface area contributed by atoms with Crippen LogP contribution in [0.15, 0.2) is 48.0 Å². The first-order chi connectivity index (χ1) is 7.45. The monoisotopic (exact) mass is 210 g/mol. The molecule has 3 aromatic rings. The standard InChI is InChI=1S/C13H8NS/c1-2-5-12-10(4-1)11(7-8-14-12)13-6-3-9-15-13/h1-5,7-9H. The van der Waals surface area contributed by atoms with Gasteiger partial charge in [-0.05, 0) is 23.6 Å². The van der Waals surface area contributed by atoms with Crippen LogP contribution in [0.3, 0.4) is 0 Å². The molecule has 1 nitrogen and oxygen atoms in total. The van der Waals surface area contributed by atoms with E-state index in [-0.39, 0.29) is 0 Å². The molecule has 0 saturated heterocycles. The molecule has 0 amide bonds. The first kappa shape index (κ1) is 8.62. The summed E-state index contributed by atoms with van der Waals surface area (Å²) in [6, 6.07) is 15.4. The number of para-hydroxylation sites is 1. The minimum atomic E-state index is 1.04. The first-order valence-corrected chi connectivity index (χ1v) is 5.62. The van der Waals surface area contributed by atoms with Crippen LogP contribution in [0, 0.1) is 6.07 Å². The number of hydrogen-bond donors (Lipinski definition) is 0. The highest BCUT2D eigenvalue weighted by atomic mass is 32.1. The van der Waals surface area contributed by atoms with Crippen molar-refractivity contribution < 1.29 is 0 Å². The van der Waals surface area contributed by atoms with Gasteiger partial charge in [0.15, 0.2) is 0 Å². The highest BCUT2D eigenvalue weighted by Crippen LogP contribution is 2.29. The first-order valence-electron chi connectivity index (χ1n) is 4.74. The average molecular weight is 210 g/mol. The van der Waals surface area contributed by atoms with Crippen molar-refractivity contribution in [3.63, 3.8) is 0 Å². The van der Waals surface area contributed by atoms with Gasteiger partial charge in [0.2, 0.25) is 0 Å². The van der Waals surface area contributed by atoms with Gasteiger partial charge in [-0.25, -0.2) is 0 Å². The summed E-state index contributed by atoms with van der Waals surface area (Å²) in [4.78, 5) is 5.52. The summed E-state index contributed by atoms with van der Waals surface area (Å²) in [7, 11) is 0. The van der Waals surface area contributed by atoms with Gasteiger partial charge in [-0.1, -0.05) is 18.2 Å². The Bertz CT molecular complexity index is 579.